The van der Waals surface area contributed by atoms with E-state index in [-0.39, 0.29) is 5.41 Å². The molecule has 1 aliphatic carbocycles. The molecular formula is C55H40N2O. The molecule has 3 nitrogen and oxygen atoms in total. The van der Waals surface area contributed by atoms with E-state index >= 15 is 0 Å². The van der Waals surface area contributed by atoms with Gasteiger partial charge in [-0.15, -0.1) is 0 Å². The quantitative estimate of drug-likeness (QED) is 0.162. The van der Waals surface area contributed by atoms with Crippen LogP contribution in [-0.2, 0) is 5.41 Å². The summed E-state index contributed by atoms with van der Waals surface area (Å²) in [5.41, 5.74) is 16.3. The number of anilines is 6. The maximum atomic E-state index is 6.97. The number of hydrogen-bond acceptors (Lipinski definition) is 3. The number of benzene rings is 9. The van der Waals surface area contributed by atoms with Crippen LogP contribution in [0.15, 0.2) is 206 Å². The minimum absolute atomic E-state index is 0.128. The van der Waals surface area contributed by atoms with Gasteiger partial charge in [0.25, 0.3) is 0 Å². The number of ether oxygens (including phenoxy) is 1. The lowest BCUT2D eigenvalue weighted by Crippen LogP contribution is -2.16. The van der Waals surface area contributed by atoms with Gasteiger partial charge in [-0.25, -0.2) is 0 Å². The van der Waals surface area contributed by atoms with Crippen LogP contribution in [-0.4, -0.2) is 0 Å². The standard InChI is InChI=1S/C55H40N2O/c1-55(2)48-25-13-12-23-46(48)54-49(55)26-15-27-50(54)57(42-30-28-38(29-31-42)37-16-6-3-7-17-37)44-34-39-18-14-24-45-47-35-43(32-33-51(47)58-52(36-44)53(39)45)56(40-19-8-4-9-20-40)41-21-10-5-11-22-41/h3-36H,1-2H3. The molecule has 9 aromatic rings. The highest BCUT2D eigenvalue weighted by molar-refractivity contribution is 6.07. The highest BCUT2D eigenvalue weighted by atomic mass is 16.5. The molecule has 0 aromatic heterocycles. The van der Waals surface area contributed by atoms with Crippen LogP contribution >= 0.6 is 0 Å². The molecule has 58 heavy (non-hydrogen) atoms. The molecule has 0 atom stereocenters. The minimum Gasteiger partial charge on any atom is -0.456 e. The second-order valence-electron chi connectivity index (χ2n) is 15.8. The summed E-state index contributed by atoms with van der Waals surface area (Å²) in [6, 6.07) is 74.1. The Hall–Kier alpha value is -7.36. The third-order valence-corrected chi connectivity index (χ3v) is 12.0. The molecule has 0 unspecified atom stereocenters. The summed E-state index contributed by atoms with van der Waals surface area (Å²) >= 11 is 0. The number of rotatable bonds is 7. The topological polar surface area (TPSA) is 15.7 Å². The van der Waals surface area contributed by atoms with E-state index in [1.165, 1.54) is 38.9 Å². The Kier molecular flexibility index (Phi) is 7.84. The molecule has 1 heterocycles. The molecule has 0 N–H and O–H groups in total. The van der Waals surface area contributed by atoms with E-state index in [9.17, 15) is 0 Å². The highest BCUT2D eigenvalue weighted by Crippen LogP contribution is 2.56. The van der Waals surface area contributed by atoms with Gasteiger partial charge >= 0.3 is 0 Å². The Balaban J connectivity index is 1.08. The van der Waals surface area contributed by atoms with Crippen LogP contribution in [0.4, 0.5) is 34.1 Å². The van der Waals surface area contributed by atoms with Crippen molar-refractivity contribution >= 4 is 44.9 Å². The van der Waals surface area contributed by atoms with Crippen molar-refractivity contribution in [3.05, 3.63) is 217 Å². The zero-order valence-corrected chi connectivity index (χ0v) is 32.4. The molecule has 1 aliphatic heterocycles. The van der Waals surface area contributed by atoms with E-state index in [1.807, 2.05) is 0 Å². The highest BCUT2D eigenvalue weighted by Gasteiger charge is 2.38. The summed E-state index contributed by atoms with van der Waals surface area (Å²) < 4.78 is 6.97. The lowest BCUT2D eigenvalue weighted by molar-refractivity contribution is 0.487. The summed E-state index contributed by atoms with van der Waals surface area (Å²) in [4.78, 5) is 4.73. The smallest absolute Gasteiger partial charge is 0.138 e. The van der Waals surface area contributed by atoms with E-state index < -0.39 is 0 Å². The third-order valence-electron chi connectivity index (χ3n) is 12.0. The molecule has 3 heteroatoms. The first-order valence-electron chi connectivity index (χ1n) is 20.0. The minimum atomic E-state index is -0.128. The lowest BCUT2D eigenvalue weighted by atomic mass is 9.82. The van der Waals surface area contributed by atoms with Crippen LogP contribution in [0.5, 0.6) is 11.5 Å². The van der Waals surface area contributed by atoms with Crippen molar-refractivity contribution in [3.63, 3.8) is 0 Å². The van der Waals surface area contributed by atoms with E-state index in [0.29, 0.717) is 0 Å². The predicted octanol–water partition coefficient (Wildman–Crippen LogP) is 15.5. The van der Waals surface area contributed by atoms with Crippen molar-refractivity contribution < 1.29 is 4.74 Å². The van der Waals surface area contributed by atoms with Crippen LogP contribution in [0.2, 0.25) is 0 Å². The molecule has 0 bridgehead atoms. The average Bonchev–Trinajstić information content (AvgIpc) is 3.51. The van der Waals surface area contributed by atoms with Crippen molar-refractivity contribution in [3.8, 4) is 44.9 Å². The summed E-state index contributed by atoms with van der Waals surface area (Å²) in [5.74, 6) is 1.70. The normalized spacial score (nSPS) is 12.9. The van der Waals surface area contributed by atoms with Gasteiger partial charge in [-0.05, 0) is 105 Å². The molecule has 0 saturated carbocycles. The zero-order valence-electron chi connectivity index (χ0n) is 32.4. The maximum absolute atomic E-state index is 6.97. The van der Waals surface area contributed by atoms with Gasteiger partial charge in [0.1, 0.15) is 11.5 Å². The van der Waals surface area contributed by atoms with E-state index in [1.54, 1.807) is 0 Å². The van der Waals surface area contributed by atoms with Gasteiger partial charge in [0.05, 0.1) is 11.4 Å². The van der Waals surface area contributed by atoms with E-state index in [4.69, 9.17) is 4.74 Å². The number of hydrogen-bond donors (Lipinski definition) is 0. The Labute approximate surface area is 339 Å². The van der Waals surface area contributed by atoms with Gasteiger partial charge in [-0.2, -0.15) is 0 Å². The fourth-order valence-corrected chi connectivity index (χ4v) is 9.27. The van der Waals surface area contributed by atoms with Crippen LogP contribution in [0, 0.1) is 0 Å². The summed E-state index contributed by atoms with van der Waals surface area (Å²) in [7, 11) is 0. The predicted molar refractivity (Wildman–Crippen MR) is 242 cm³/mol. The van der Waals surface area contributed by atoms with Gasteiger partial charge in [0.15, 0.2) is 0 Å². The second-order valence-corrected chi connectivity index (χ2v) is 15.8. The van der Waals surface area contributed by atoms with E-state index in [0.717, 1.165) is 62.0 Å². The van der Waals surface area contributed by atoms with Gasteiger partial charge < -0.3 is 14.5 Å². The number of nitrogens with zero attached hydrogens (tertiary/aromatic N) is 2. The van der Waals surface area contributed by atoms with Crippen molar-refractivity contribution in [1.82, 2.24) is 0 Å². The van der Waals surface area contributed by atoms with Crippen molar-refractivity contribution in [2.75, 3.05) is 9.80 Å². The first-order valence-corrected chi connectivity index (χ1v) is 20.0. The summed E-state index contributed by atoms with van der Waals surface area (Å²) in [6.07, 6.45) is 0. The molecule has 276 valence electrons. The second kappa shape index (κ2) is 13.4. The molecule has 0 spiro atoms. The summed E-state index contributed by atoms with van der Waals surface area (Å²) in [5, 5.41) is 2.24. The molecule has 9 aromatic carbocycles. The summed E-state index contributed by atoms with van der Waals surface area (Å²) in [6.45, 7) is 4.69. The maximum Gasteiger partial charge on any atom is 0.138 e. The molecule has 0 fully saturated rings. The Bertz CT molecular complexity index is 2950. The van der Waals surface area contributed by atoms with E-state index in [2.05, 4.69) is 230 Å². The lowest BCUT2D eigenvalue weighted by Gasteiger charge is -2.31. The zero-order chi connectivity index (χ0) is 38.8. The fourth-order valence-electron chi connectivity index (χ4n) is 9.27. The van der Waals surface area contributed by atoms with Crippen molar-refractivity contribution in [2.24, 2.45) is 0 Å². The van der Waals surface area contributed by atoms with Gasteiger partial charge in [-0.3, -0.25) is 0 Å². The first-order chi connectivity index (χ1) is 28.5. The first kappa shape index (κ1) is 33.9. The molecule has 0 radical (unpaired) electrons. The molecular weight excluding hydrogens is 705 g/mol. The third kappa shape index (κ3) is 5.43. The Morgan fingerprint density at radius 2 is 0.966 bits per heavy atom. The van der Waals surface area contributed by atoms with Crippen LogP contribution < -0.4 is 14.5 Å². The Morgan fingerprint density at radius 1 is 0.379 bits per heavy atom. The van der Waals surface area contributed by atoms with Crippen LogP contribution in [0.1, 0.15) is 25.0 Å². The SMILES string of the molecule is CC1(C)c2ccccc2-c2c(N(c3ccc(-c4ccccc4)cc3)c3cc4c5c(cccc5c3)-c3cc(N(c5ccccc5)c5ccccc5)ccc3O4)cccc21. The Morgan fingerprint density at radius 3 is 1.71 bits per heavy atom. The van der Waals surface area contributed by atoms with Crippen LogP contribution in [0.3, 0.4) is 0 Å². The number of para-hydroxylation sites is 2. The molecule has 0 saturated heterocycles. The van der Waals surface area contributed by atoms with Gasteiger partial charge in [0.2, 0.25) is 0 Å². The van der Waals surface area contributed by atoms with Gasteiger partial charge in [-0.1, -0.05) is 147 Å². The molecule has 11 rings (SSSR count). The van der Waals surface area contributed by atoms with Crippen molar-refractivity contribution in [2.45, 2.75) is 19.3 Å². The fraction of sp³-hybridized carbons (Fsp3) is 0.0545. The van der Waals surface area contributed by atoms with Crippen molar-refractivity contribution in [1.29, 1.82) is 0 Å². The van der Waals surface area contributed by atoms with Gasteiger partial charge in [0, 0.05) is 50.7 Å². The molecule has 2 aliphatic rings. The molecule has 0 amide bonds. The largest absolute Gasteiger partial charge is 0.456 e. The van der Waals surface area contributed by atoms with Crippen LogP contribution in [0.25, 0.3) is 44.2 Å². The number of fused-ring (bicyclic) bond motifs is 5. The average molecular weight is 745 g/mol. The monoisotopic (exact) mass is 744 g/mol.